The fourth-order valence-corrected chi connectivity index (χ4v) is 2.96. The summed E-state index contributed by atoms with van der Waals surface area (Å²) in [5.74, 6) is 0.132. The van der Waals surface area contributed by atoms with E-state index in [1.54, 1.807) is 0 Å². The topological polar surface area (TPSA) is 59.2 Å². The lowest BCUT2D eigenvalue weighted by atomic mass is 9.97. The van der Waals surface area contributed by atoms with Crippen molar-refractivity contribution in [2.45, 2.75) is 25.4 Å². The quantitative estimate of drug-likeness (QED) is 0.891. The van der Waals surface area contributed by atoms with Gasteiger partial charge in [-0.3, -0.25) is 9.78 Å². The Morgan fingerprint density at radius 3 is 2.95 bits per heavy atom. The first-order valence-electron chi connectivity index (χ1n) is 6.60. The lowest BCUT2D eigenvalue weighted by molar-refractivity contribution is -0.128. The van der Waals surface area contributed by atoms with E-state index in [1.165, 1.54) is 0 Å². The van der Waals surface area contributed by atoms with Gasteiger partial charge in [0.2, 0.25) is 5.91 Å². The van der Waals surface area contributed by atoms with Gasteiger partial charge in [-0.2, -0.15) is 0 Å². The molecule has 98 valence electrons. The molecular weight excluding hydrogens is 238 g/mol. The maximum atomic E-state index is 12.0. The third-order valence-electron chi connectivity index (χ3n) is 3.83. The molecule has 2 aromatic rings. The number of likely N-dealkylation sites (N-methyl/N-ethyl adjacent to an activating group) is 1. The molecule has 3 rings (SSSR count). The number of fused-ring (bicyclic) bond motifs is 1. The molecule has 1 amide bonds. The van der Waals surface area contributed by atoms with Crippen LogP contribution in [0.25, 0.3) is 10.8 Å². The standard InChI is InChI=1S/C15H17N3O/c1-2-18-14(19)7-13(16)15(18)12-9-17-8-10-5-3-4-6-11(10)12/h3-6,8-9,13,15H,2,7,16H2,1H3. The minimum atomic E-state index is -0.153. The minimum absolute atomic E-state index is 0.0592. The van der Waals surface area contributed by atoms with Gasteiger partial charge in [0, 0.05) is 42.4 Å². The Balaban J connectivity index is 2.16. The summed E-state index contributed by atoms with van der Waals surface area (Å²) < 4.78 is 0. The predicted octanol–water partition coefficient (Wildman–Crippen LogP) is 1.86. The number of carbonyl (C=O) groups excluding carboxylic acids is 1. The van der Waals surface area contributed by atoms with Crippen molar-refractivity contribution < 1.29 is 4.79 Å². The predicted molar refractivity (Wildman–Crippen MR) is 74.5 cm³/mol. The van der Waals surface area contributed by atoms with Crippen LogP contribution in [-0.2, 0) is 4.79 Å². The summed E-state index contributed by atoms with van der Waals surface area (Å²) in [6, 6.07) is 7.88. The zero-order chi connectivity index (χ0) is 13.4. The van der Waals surface area contributed by atoms with Gasteiger partial charge in [0.05, 0.1) is 6.04 Å². The average Bonchev–Trinajstić information content (AvgIpc) is 2.72. The Hall–Kier alpha value is -1.94. The van der Waals surface area contributed by atoms with Crippen LogP contribution in [0.5, 0.6) is 0 Å². The van der Waals surface area contributed by atoms with Crippen molar-refractivity contribution in [3.63, 3.8) is 0 Å². The molecule has 2 atom stereocenters. The highest BCUT2D eigenvalue weighted by Crippen LogP contribution is 2.35. The minimum Gasteiger partial charge on any atom is -0.334 e. The second kappa shape index (κ2) is 4.63. The molecule has 1 aromatic carbocycles. The molecule has 1 aromatic heterocycles. The van der Waals surface area contributed by atoms with Crippen molar-refractivity contribution in [2.75, 3.05) is 6.54 Å². The normalized spacial score (nSPS) is 23.3. The Bertz CT molecular complexity index is 620. The Labute approximate surface area is 112 Å². The largest absolute Gasteiger partial charge is 0.334 e. The van der Waals surface area contributed by atoms with E-state index in [4.69, 9.17) is 5.73 Å². The summed E-state index contributed by atoms with van der Waals surface area (Å²) in [6.45, 7) is 2.67. The van der Waals surface area contributed by atoms with E-state index in [0.717, 1.165) is 16.3 Å². The van der Waals surface area contributed by atoms with E-state index in [1.807, 2.05) is 42.4 Å². The first-order chi connectivity index (χ1) is 9.22. The molecule has 0 spiro atoms. The van der Waals surface area contributed by atoms with E-state index < -0.39 is 0 Å². The van der Waals surface area contributed by atoms with E-state index in [2.05, 4.69) is 11.1 Å². The van der Waals surface area contributed by atoms with Crippen LogP contribution in [0.15, 0.2) is 36.7 Å². The zero-order valence-corrected chi connectivity index (χ0v) is 10.9. The highest BCUT2D eigenvalue weighted by atomic mass is 16.2. The lowest BCUT2D eigenvalue weighted by Crippen LogP contribution is -2.33. The second-order valence-electron chi connectivity index (χ2n) is 4.94. The molecular formula is C15H17N3O. The number of nitrogens with two attached hydrogens (primary N) is 1. The van der Waals surface area contributed by atoms with Gasteiger partial charge in [-0.1, -0.05) is 24.3 Å². The fourth-order valence-electron chi connectivity index (χ4n) is 2.96. The average molecular weight is 255 g/mol. The summed E-state index contributed by atoms with van der Waals surface area (Å²) in [5.41, 5.74) is 7.22. The summed E-state index contributed by atoms with van der Waals surface area (Å²) in [7, 11) is 0. The van der Waals surface area contributed by atoms with Crippen molar-refractivity contribution in [2.24, 2.45) is 5.73 Å². The molecule has 4 nitrogen and oxygen atoms in total. The van der Waals surface area contributed by atoms with Gasteiger partial charge < -0.3 is 10.6 Å². The highest BCUT2D eigenvalue weighted by Gasteiger charge is 2.38. The van der Waals surface area contributed by atoms with Crippen molar-refractivity contribution in [1.82, 2.24) is 9.88 Å². The van der Waals surface area contributed by atoms with Crippen LogP contribution in [0.3, 0.4) is 0 Å². The van der Waals surface area contributed by atoms with Gasteiger partial charge in [-0.25, -0.2) is 0 Å². The molecule has 1 aliphatic rings. The summed E-state index contributed by atoms with van der Waals surface area (Å²) in [5, 5.41) is 2.22. The molecule has 19 heavy (non-hydrogen) atoms. The highest BCUT2D eigenvalue weighted by molar-refractivity contribution is 5.87. The van der Waals surface area contributed by atoms with Gasteiger partial charge in [0.15, 0.2) is 0 Å². The van der Waals surface area contributed by atoms with Gasteiger partial charge in [0.25, 0.3) is 0 Å². The smallest absolute Gasteiger partial charge is 0.224 e. The van der Waals surface area contributed by atoms with Gasteiger partial charge in [-0.05, 0) is 12.3 Å². The monoisotopic (exact) mass is 255 g/mol. The van der Waals surface area contributed by atoms with Crippen LogP contribution in [0, 0.1) is 0 Å². The van der Waals surface area contributed by atoms with Crippen LogP contribution in [0.2, 0.25) is 0 Å². The van der Waals surface area contributed by atoms with Gasteiger partial charge in [0.1, 0.15) is 0 Å². The summed E-state index contributed by atoms with van der Waals surface area (Å²) >= 11 is 0. The van der Waals surface area contributed by atoms with Crippen LogP contribution in [0.1, 0.15) is 24.9 Å². The van der Waals surface area contributed by atoms with E-state index >= 15 is 0 Å². The lowest BCUT2D eigenvalue weighted by Gasteiger charge is -2.26. The molecule has 1 saturated heterocycles. The van der Waals surface area contributed by atoms with Crippen LogP contribution >= 0.6 is 0 Å². The van der Waals surface area contributed by atoms with Gasteiger partial charge in [-0.15, -0.1) is 0 Å². The van der Waals surface area contributed by atoms with Crippen LogP contribution in [0.4, 0.5) is 0 Å². The fraction of sp³-hybridized carbons (Fsp3) is 0.333. The van der Waals surface area contributed by atoms with Crippen LogP contribution < -0.4 is 5.73 Å². The second-order valence-corrected chi connectivity index (χ2v) is 4.94. The third-order valence-corrected chi connectivity index (χ3v) is 3.83. The SMILES string of the molecule is CCN1C(=O)CC(N)C1c1cncc2ccccc12. The Morgan fingerprint density at radius 2 is 2.16 bits per heavy atom. The number of pyridine rings is 1. The number of carbonyl (C=O) groups is 1. The molecule has 2 unspecified atom stereocenters. The molecule has 0 radical (unpaired) electrons. The summed E-state index contributed by atoms with van der Waals surface area (Å²) in [4.78, 5) is 18.1. The van der Waals surface area contributed by atoms with E-state index in [0.29, 0.717) is 13.0 Å². The number of benzene rings is 1. The molecule has 1 fully saturated rings. The van der Waals surface area contributed by atoms with Crippen LogP contribution in [-0.4, -0.2) is 28.4 Å². The zero-order valence-electron chi connectivity index (χ0n) is 10.9. The Kier molecular flexibility index (Phi) is 2.95. The number of amides is 1. The number of likely N-dealkylation sites (tertiary alicyclic amines) is 1. The molecule has 0 saturated carbocycles. The van der Waals surface area contributed by atoms with Crippen molar-refractivity contribution >= 4 is 16.7 Å². The molecule has 0 aliphatic carbocycles. The van der Waals surface area contributed by atoms with Crippen molar-refractivity contribution in [3.05, 3.63) is 42.2 Å². The first-order valence-corrected chi connectivity index (χ1v) is 6.60. The molecule has 1 aliphatic heterocycles. The maximum Gasteiger partial charge on any atom is 0.224 e. The molecule has 0 bridgehead atoms. The summed E-state index contributed by atoms with van der Waals surface area (Å²) in [6.07, 6.45) is 4.10. The van der Waals surface area contributed by atoms with Gasteiger partial charge >= 0.3 is 0 Å². The van der Waals surface area contributed by atoms with E-state index in [-0.39, 0.29) is 18.0 Å². The first kappa shape index (κ1) is 12.1. The number of hydrogen-bond donors (Lipinski definition) is 1. The van der Waals surface area contributed by atoms with E-state index in [9.17, 15) is 4.79 Å². The van der Waals surface area contributed by atoms with Crippen molar-refractivity contribution in [3.8, 4) is 0 Å². The number of nitrogens with zero attached hydrogens (tertiary/aromatic N) is 2. The Morgan fingerprint density at radius 1 is 1.37 bits per heavy atom. The molecule has 2 heterocycles. The molecule has 4 heteroatoms. The maximum absolute atomic E-state index is 12.0. The number of rotatable bonds is 2. The number of aromatic nitrogens is 1. The molecule has 2 N–H and O–H groups in total. The third kappa shape index (κ3) is 1.88. The van der Waals surface area contributed by atoms with Crippen molar-refractivity contribution in [1.29, 1.82) is 0 Å². The number of hydrogen-bond acceptors (Lipinski definition) is 3.